The van der Waals surface area contributed by atoms with Crippen LogP contribution in [0.2, 0.25) is 0 Å². The average Bonchev–Trinajstić information content (AvgIpc) is 2.43. The Morgan fingerprint density at radius 3 is 2.48 bits per heavy atom. The summed E-state index contributed by atoms with van der Waals surface area (Å²) in [4.78, 5) is 22.6. The van der Waals surface area contributed by atoms with Crippen molar-refractivity contribution in [2.75, 3.05) is 6.54 Å². The van der Waals surface area contributed by atoms with Crippen molar-refractivity contribution in [1.82, 2.24) is 10.6 Å². The molecule has 0 aromatic heterocycles. The Hall–Kier alpha value is -2.13. The summed E-state index contributed by atoms with van der Waals surface area (Å²) in [6.07, 6.45) is -0.812. The van der Waals surface area contributed by atoms with E-state index in [1.165, 1.54) is 0 Å². The molecular weight excluding hydrogens is 300 g/mol. The van der Waals surface area contributed by atoms with E-state index in [9.17, 15) is 18.0 Å². The van der Waals surface area contributed by atoms with Crippen molar-refractivity contribution in [3.63, 3.8) is 0 Å². The lowest BCUT2D eigenvalue weighted by molar-refractivity contribution is -0.120. The SMILES string of the molecule is CC(NC(=O)CNC(=O)OCc1ccccc1)S(=O)(=O)O. The smallest absolute Gasteiger partial charge is 0.407 e. The van der Waals surface area contributed by atoms with Gasteiger partial charge >= 0.3 is 6.09 Å². The van der Waals surface area contributed by atoms with Gasteiger partial charge in [-0.25, -0.2) is 4.79 Å². The van der Waals surface area contributed by atoms with Gasteiger partial charge in [-0.05, 0) is 12.5 Å². The molecule has 0 spiro atoms. The molecule has 1 unspecified atom stereocenters. The summed E-state index contributed by atoms with van der Waals surface area (Å²) in [6, 6.07) is 8.95. The molecule has 1 aromatic rings. The minimum atomic E-state index is -4.36. The third-order valence-electron chi connectivity index (χ3n) is 2.42. The molecule has 9 heteroatoms. The molecule has 3 N–H and O–H groups in total. The predicted molar refractivity (Wildman–Crippen MR) is 73.8 cm³/mol. The Kier molecular flexibility index (Phi) is 6.12. The fourth-order valence-electron chi connectivity index (χ4n) is 1.28. The van der Waals surface area contributed by atoms with Gasteiger partial charge in [-0.15, -0.1) is 0 Å². The highest BCUT2D eigenvalue weighted by molar-refractivity contribution is 7.86. The van der Waals surface area contributed by atoms with Crippen LogP contribution in [0.3, 0.4) is 0 Å². The molecule has 8 nitrogen and oxygen atoms in total. The molecule has 0 aliphatic rings. The average molecular weight is 316 g/mol. The number of rotatable bonds is 6. The molecule has 1 aromatic carbocycles. The summed E-state index contributed by atoms with van der Waals surface area (Å²) in [5.41, 5.74) is 0.789. The Morgan fingerprint density at radius 2 is 1.90 bits per heavy atom. The number of carbonyl (C=O) groups is 2. The molecular formula is C12H16N2O6S. The van der Waals surface area contributed by atoms with Crippen molar-refractivity contribution in [1.29, 1.82) is 0 Å². The molecule has 0 aliphatic carbocycles. The Balaban J connectivity index is 2.28. The van der Waals surface area contributed by atoms with E-state index in [0.717, 1.165) is 12.5 Å². The fraction of sp³-hybridized carbons (Fsp3) is 0.333. The van der Waals surface area contributed by atoms with Crippen LogP contribution in [0.4, 0.5) is 4.79 Å². The molecule has 1 rings (SSSR count). The van der Waals surface area contributed by atoms with Gasteiger partial charge in [0.1, 0.15) is 13.2 Å². The molecule has 0 heterocycles. The normalized spacial score (nSPS) is 12.3. The third kappa shape index (κ3) is 6.72. The standard InChI is InChI=1S/C12H16N2O6S/c1-9(21(17,18)19)14-11(15)7-13-12(16)20-8-10-5-3-2-4-6-10/h2-6,9H,7-8H2,1H3,(H,13,16)(H,14,15)(H,17,18,19). The van der Waals surface area contributed by atoms with Gasteiger partial charge in [0.2, 0.25) is 5.91 Å². The van der Waals surface area contributed by atoms with E-state index in [1.54, 1.807) is 24.3 Å². The van der Waals surface area contributed by atoms with Gasteiger partial charge in [0.25, 0.3) is 10.1 Å². The Bertz CT molecular complexity index is 587. The highest BCUT2D eigenvalue weighted by atomic mass is 32.2. The van der Waals surface area contributed by atoms with Gasteiger partial charge in [-0.1, -0.05) is 30.3 Å². The van der Waals surface area contributed by atoms with Crippen LogP contribution in [0.5, 0.6) is 0 Å². The highest BCUT2D eigenvalue weighted by Gasteiger charge is 2.19. The zero-order valence-electron chi connectivity index (χ0n) is 11.3. The van der Waals surface area contributed by atoms with Crippen LogP contribution in [0, 0.1) is 0 Å². The van der Waals surface area contributed by atoms with E-state index < -0.39 is 34.0 Å². The molecule has 1 atom stereocenters. The maximum Gasteiger partial charge on any atom is 0.407 e. The maximum absolute atomic E-state index is 11.3. The zero-order chi connectivity index (χ0) is 15.9. The van der Waals surface area contributed by atoms with E-state index >= 15 is 0 Å². The van der Waals surface area contributed by atoms with Crippen LogP contribution in [0.15, 0.2) is 30.3 Å². The monoisotopic (exact) mass is 316 g/mol. The number of ether oxygens (including phenoxy) is 1. The van der Waals surface area contributed by atoms with E-state index in [4.69, 9.17) is 9.29 Å². The van der Waals surface area contributed by atoms with Gasteiger partial charge in [0.15, 0.2) is 5.37 Å². The quantitative estimate of drug-likeness (QED) is 0.647. The molecule has 0 bridgehead atoms. The van der Waals surface area contributed by atoms with Crippen LogP contribution < -0.4 is 10.6 Å². The summed E-state index contributed by atoms with van der Waals surface area (Å²) in [6.45, 7) is 0.685. The first kappa shape index (κ1) is 16.9. The van der Waals surface area contributed by atoms with Crippen LogP contribution in [-0.4, -0.2) is 36.9 Å². The lowest BCUT2D eigenvalue weighted by Crippen LogP contribution is -2.43. The number of benzene rings is 1. The number of alkyl carbamates (subject to hydrolysis) is 1. The van der Waals surface area contributed by atoms with Crippen molar-refractivity contribution >= 4 is 22.1 Å². The number of hydrogen-bond acceptors (Lipinski definition) is 5. The molecule has 116 valence electrons. The van der Waals surface area contributed by atoms with Crippen LogP contribution in [-0.2, 0) is 26.3 Å². The highest BCUT2D eigenvalue weighted by Crippen LogP contribution is 2.00. The fourth-order valence-corrected chi connectivity index (χ4v) is 1.56. The third-order valence-corrected chi connectivity index (χ3v) is 3.43. The second kappa shape index (κ2) is 7.60. The topological polar surface area (TPSA) is 122 Å². The maximum atomic E-state index is 11.3. The summed E-state index contributed by atoms with van der Waals surface area (Å²) in [7, 11) is -4.36. The first-order valence-corrected chi connectivity index (χ1v) is 7.49. The van der Waals surface area contributed by atoms with Crippen molar-refractivity contribution in [3.8, 4) is 0 Å². The second-order valence-electron chi connectivity index (χ2n) is 4.14. The predicted octanol–water partition coefficient (Wildman–Crippen LogP) is 0.263. The Morgan fingerprint density at radius 1 is 1.29 bits per heavy atom. The summed E-state index contributed by atoms with van der Waals surface area (Å²) in [5.74, 6) is -0.767. The molecule has 21 heavy (non-hydrogen) atoms. The van der Waals surface area contributed by atoms with E-state index in [0.29, 0.717) is 0 Å². The number of hydrogen-bond donors (Lipinski definition) is 3. The van der Waals surface area contributed by atoms with Crippen molar-refractivity contribution in [3.05, 3.63) is 35.9 Å². The summed E-state index contributed by atoms with van der Waals surface area (Å²) in [5, 5.41) is 2.71. The lowest BCUT2D eigenvalue weighted by Gasteiger charge is -2.11. The van der Waals surface area contributed by atoms with Gasteiger partial charge in [-0.3, -0.25) is 9.35 Å². The van der Waals surface area contributed by atoms with Gasteiger partial charge < -0.3 is 15.4 Å². The van der Waals surface area contributed by atoms with Crippen molar-refractivity contribution in [2.45, 2.75) is 18.9 Å². The zero-order valence-corrected chi connectivity index (χ0v) is 12.1. The molecule has 0 fully saturated rings. The first-order valence-electron chi connectivity index (χ1n) is 5.99. The minimum Gasteiger partial charge on any atom is -0.445 e. The van der Waals surface area contributed by atoms with Crippen molar-refractivity contribution < 1.29 is 27.3 Å². The largest absolute Gasteiger partial charge is 0.445 e. The van der Waals surface area contributed by atoms with E-state index in [-0.39, 0.29) is 6.61 Å². The van der Waals surface area contributed by atoms with Crippen LogP contribution >= 0.6 is 0 Å². The Labute approximate surface area is 122 Å². The van der Waals surface area contributed by atoms with Gasteiger partial charge in [-0.2, -0.15) is 8.42 Å². The lowest BCUT2D eigenvalue weighted by atomic mass is 10.2. The van der Waals surface area contributed by atoms with Gasteiger partial charge in [0.05, 0.1) is 0 Å². The number of nitrogens with one attached hydrogen (secondary N) is 2. The minimum absolute atomic E-state index is 0.0513. The van der Waals surface area contributed by atoms with Gasteiger partial charge in [0, 0.05) is 0 Å². The summed E-state index contributed by atoms with van der Waals surface area (Å²) >= 11 is 0. The summed E-state index contributed by atoms with van der Waals surface area (Å²) < 4.78 is 34.9. The van der Waals surface area contributed by atoms with E-state index in [1.807, 2.05) is 11.4 Å². The molecule has 0 saturated heterocycles. The molecule has 2 amide bonds. The molecule has 0 aliphatic heterocycles. The number of carbonyl (C=O) groups excluding carboxylic acids is 2. The van der Waals surface area contributed by atoms with Crippen molar-refractivity contribution in [2.24, 2.45) is 0 Å². The molecule has 0 saturated carbocycles. The van der Waals surface area contributed by atoms with E-state index in [2.05, 4.69) is 5.32 Å². The van der Waals surface area contributed by atoms with Crippen LogP contribution in [0.1, 0.15) is 12.5 Å². The molecule has 0 radical (unpaired) electrons. The first-order chi connectivity index (χ1) is 9.79. The van der Waals surface area contributed by atoms with Crippen LogP contribution in [0.25, 0.3) is 0 Å². The number of amides is 2. The second-order valence-corrected chi connectivity index (χ2v) is 5.88.